The summed E-state index contributed by atoms with van der Waals surface area (Å²) in [6, 6.07) is 16.1. The molecule has 0 bridgehead atoms. The van der Waals surface area contributed by atoms with Crippen LogP contribution in [0.25, 0.3) is 0 Å². The number of rotatable bonds is 2. The first-order valence-electron chi connectivity index (χ1n) is 11.2. The first-order valence-corrected chi connectivity index (χ1v) is 11.6. The summed E-state index contributed by atoms with van der Waals surface area (Å²) in [6.45, 7) is 0. The second-order valence-electron chi connectivity index (χ2n) is 9.06. The number of imide groups is 1. The molecule has 0 saturated carbocycles. The van der Waals surface area contributed by atoms with Crippen molar-refractivity contribution < 1.29 is 37.1 Å². The lowest BCUT2D eigenvalue weighted by Crippen LogP contribution is -2.51. The molecule has 6 nitrogen and oxygen atoms in total. The van der Waals surface area contributed by atoms with E-state index in [-0.39, 0.29) is 11.1 Å². The van der Waals surface area contributed by atoms with Crippen LogP contribution in [-0.2, 0) is 20.5 Å². The summed E-state index contributed by atoms with van der Waals surface area (Å²) in [6.07, 6.45) is -6.13. The molecule has 37 heavy (non-hydrogen) atoms. The minimum absolute atomic E-state index is 0.0254. The Bertz CT molecular complexity index is 1480. The van der Waals surface area contributed by atoms with Gasteiger partial charge in [-0.25, -0.2) is 4.90 Å². The molecule has 3 aromatic carbocycles. The molecule has 2 fully saturated rings. The molecule has 1 aliphatic carbocycles. The van der Waals surface area contributed by atoms with Gasteiger partial charge in [-0.2, -0.15) is 13.2 Å². The maximum Gasteiger partial charge on any atom is 0.418 e. The Morgan fingerprint density at radius 1 is 0.784 bits per heavy atom. The van der Waals surface area contributed by atoms with E-state index in [1.807, 2.05) is 0 Å². The first-order chi connectivity index (χ1) is 17.6. The average Bonchev–Trinajstić information content (AvgIpc) is 3.44. The predicted molar refractivity (Wildman–Crippen MR) is 124 cm³/mol. The number of hydrogen-bond donors (Lipinski definition) is 0. The number of nitrogens with zero attached hydrogens (tertiary/aromatic N) is 1. The van der Waals surface area contributed by atoms with Crippen molar-refractivity contribution in [2.45, 2.75) is 17.9 Å². The topological polar surface area (TPSA) is 80.8 Å². The summed E-state index contributed by atoms with van der Waals surface area (Å²) in [5.74, 6) is -6.76. The van der Waals surface area contributed by atoms with Crippen LogP contribution in [0.2, 0.25) is 5.02 Å². The third-order valence-electron chi connectivity index (χ3n) is 7.17. The fourth-order valence-corrected chi connectivity index (χ4v) is 5.74. The Labute approximate surface area is 212 Å². The van der Waals surface area contributed by atoms with Gasteiger partial charge in [0.2, 0.25) is 29.0 Å². The van der Waals surface area contributed by atoms with Crippen molar-refractivity contribution in [2.75, 3.05) is 4.90 Å². The summed E-state index contributed by atoms with van der Waals surface area (Å²) in [4.78, 5) is 55.4. The Morgan fingerprint density at radius 2 is 1.35 bits per heavy atom. The second-order valence-corrected chi connectivity index (χ2v) is 9.50. The van der Waals surface area contributed by atoms with E-state index in [9.17, 15) is 32.3 Å². The molecule has 2 heterocycles. The van der Waals surface area contributed by atoms with Gasteiger partial charge in [-0.1, -0.05) is 60.1 Å². The van der Waals surface area contributed by atoms with Crippen molar-refractivity contribution >= 4 is 40.7 Å². The van der Waals surface area contributed by atoms with Crippen molar-refractivity contribution in [3.05, 3.63) is 100 Å². The highest BCUT2D eigenvalue weighted by Gasteiger charge is 2.75. The van der Waals surface area contributed by atoms with Gasteiger partial charge in [-0.05, 0) is 29.8 Å². The number of carbonyl (C=O) groups excluding carboxylic acids is 4. The zero-order chi connectivity index (χ0) is 26.3. The van der Waals surface area contributed by atoms with E-state index in [1.54, 1.807) is 12.1 Å². The number of carbonyl (C=O) groups is 4. The van der Waals surface area contributed by atoms with E-state index < -0.39 is 64.3 Å². The van der Waals surface area contributed by atoms with Gasteiger partial charge in [0.15, 0.2) is 0 Å². The Balaban J connectivity index is 1.56. The number of halogens is 4. The number of para-hydroxylation sites is 1. The van der Waals surface area contributed by atoms with Gasteiger partial charge in [-0.15, -0.1) is 0 Å². The lowest BCUT2D eigenvalue weighted by molar-refractivity contribution is -0.137. The summed E-state index contributed by atoms with van der Waals surface area (Å²) in [7, 11) is 0. The van der Waals surface area contributed by atoms with Gasteiger partial charge in [-0.3, -0.25) is 19.2 Å². The van der Waals surface area contributed by atoms with Crippen molar-refractivity contribution in [1.82, 2.24) is 0 Å². The van der Waals surface area contributed by atoms with E-state index >= 15 is 0 Å². The molecule has 0 aromatic heterocycles. The quantitative estimate of drug-likeness (QED) is 0.345. The van der Waals surface area contributed by atoms with Crippen LogP contribution in [0.5, 0.6) is 0 Å². The molecular formula is C27H15ClF3NO5. The van der Waals surface area contributed by atoms with Gasteiger partial charge in [0.1, 0.15) is 0 Å². The molecule has 3 aliphatic rings. The Morgan fingerprint density at radius 3 is 1.95 bits per heavy atom. The molecule has 2 aliphatic heterocycles. The molecular weight excluding hydrogens is 511 g/mol. The van der Waals surface area contributed by atoms with Crippen LogP contribution < -0.4 is 4.90 Å². The minimum atomic E-state index is -4.87. The molecule has 0 radical (unpaired) electrons. The number of amides is 2. The van der Waals surface area contributed by atoms with Crippen molar-refractivity contribution in [1.29, 1.82) is 0 Å². The van der Waals surface area contributed by atoms with Crippen molar-refractivity contribution in [3.63, 3.8) is 0 Å². The van der Waals surface area contributed by atoms with Crippen LogP contribution in [0.4, 0.5) is 18.9 Å². The van der Waals surface area contributed by atoms with Crippen LogP contribution in [0.15, 0.2) is 72.8 Å². The number of hydrogen-bond acceptors (Lipinski definition) is 5. The van der Waals surface area contributed by atoms with Crippen molar-refractivity contribution in [2.24, 2.45) is 11.8 Å². The maximum absolute atomic E-state index is 13.8. The highest BCUT2D eigenvalue weighted by Crippen LogP contribution is 2.58. The first kappa shape index (κ1) is 23.6. The zero-order valence-electron chi connectivity index (χ0n) is 18.7. The monoisotopic (exact) mass is 525 g/mol. The van der Waals surface area contributed by atoms with Gasteiger partial charge >= 0.3 is 6.18 Å². The molecule has 2 saturated heterocycles. The highest BCUT2D eigenvalue weighted by molar-refractivity contribution is 6.37. The largest absolute Gasteiger partial charge is 0.418 e. The fraction of sp³-hybridized carbons (Fsp3) is 0.185. The standard InChI is InChI=1S/C27H15ClF3NO5/c28-14-11-9-13(10-12-14)21-19-20(26(37-21)22(33)15-5-1-2-6-16(15)23(26)34)25(36)32(24(19)35)18-8-4-3-7-17(18)27(29,30)31/h1-12,19-21H/t19-,20+,21+/m1/s1. The van der Waals surface area contributed by atoms with Gasteiger partial charge in [0, 0.05) is 16.1 Å². The third-order valence-corrected chi connectivity index (χ3v) is 7.42. The summed E-state index contributed by atoms with van der Waals surface area (Å²) in [5.41, 5.74) is -3.84. The van der Waals surface area contributed by atoms with Gasteiger partial charge in [0.25, 0.3) is 0 Å². The van der Waals surface area contributed by atoms with Crippen LogP contribution in [0, 0.1) is 11.8 Å². The van der Waals surface area contributed by atoms with Crippen LogP contribution >= 0.6 is 11.6 Å². The fourth-order valence-electron chi connectivity index (χ4n) is 5.62. The summed E-state index contributed by atoms with van der Waals surface area (Å²) in [5, 5.41) is 0.364. The Kier molecular flexibility index (Phi) is 4.99. The van der Waals surface area contributed by atoms with Gasteiger partial charge < -0.3 is 4.74 Å². The lowest BCUT2D eigenvalue weighted by atomic mass is 9.77. The maximum atomic E-state index is 13.8. The number of fused-ring (bicyclic) bond motifs is 3. The van der Waals surface area contributed by atoms with Crippen LogP contribution in [0.3, 0.4) is 0 Å². The third kappa shape index (κ3) is 3.10. The predicted octanol–water partition coefficient (Wildman–Crippen LogP) is 5.05. The molecule has 186 valence electrons. The SMILES string of the molecule is O=C1[C@@H]2[C@@H](C(=O)N1c1ccccc1C(F)(F)F)C1(O[C@H]2c2ccc(Cl)cc2)C(=O)c2ccccc2C1=O. The van der Waals surface area contributed by atoms with E-state index in [1.165, 1.54) is 42.5 Å². The smallest absolute Gasteiger partial charge is 0.349 e. The number of alkyl halides is 3. The molecule has 0 N–H and O–H groups in total. The second kappa shape index (κ2) is 7.84. The number of anilines is 1. The zero-order valence-corrected chi connectivity index (χ0v) is 19.4. The molecule has 1 spiro atoms. The molecule has 6 rings (SSSR count). The minimum Gasteiger partial charge on any atom is -0.349 e. The molecule has 3 atom stereocenters. The van der Waals surface area contributed by atoms with Crippen LogP contribution in [-0.4, -0.2) is 29.0 Å². The number of ketones is 2. The normalized spacial score (nSPS) is 24.2. The van der Waals surface area contributed by atoms with E-state index in [2.05, 4.69) is 0 Å². The summed E-state index contributed by atoms with van der Waals surface area (Å²) >= 11 is 5.99. The summed E-state index contributed by atoms with van der Waals surface area (Å²) < 4.78 is 47.6. The highest BCUT2D eigenvalue weighted by atomic mass is 35.5. The average molecular weight is 526 g/mol. The van der Waals surface area contributed by atoms with Crippen LogP contribution in [0.1, 0.15) is 37.9 Å². The van der Waals surface area contributed by atoms with E-state index in [0.29, 0.717) is 15.5 Å². The van der Waals surface area contributed by atoms with Gasteiger partial charge in [0.05, 0.1) is 29.2 Å². The van der Waals surface area contributed by atoms with E-state index in [0.717, 1.165) is 18.2 Å². The number of ether oxygens (including phenoxy) is 1. The molecule has 10 heteroatoms. The Hall–Kier alpha value is -3.82. The molecule has 0 unspecified atom stereocenters. The lowest BCUT2D eigenvalue weighted by Gasteiger charge is -2.28. The number of benzene rings is 3. The van der Waals surface area contributed by atoms with Crippen molar-refractivity contribution in [3.8, 4) is 0 Å². The van der Waals surface area contributed by atoms with E-state index in [4.69, 9.17) is 16.3 Å². The molecule has 3 aromatic rings. The molecule has 2 amide bonds. The number of Topliss-reactive ketones (excluding diaryl/α,β-unsaturated/α-hetero) is 2.